The maximum Gasteiger partial charge on any atom is 0.578 e. The van der Waals surface area contributed by atoms with Gasteiger partial charge in [0.15, 0.2) is 11.6 Å². The van der Waals surface area contributed by atoms with Crippen molar-refractivity contribution in [1.82, 2.24) is 4.99 Å². The highest BCUT2D eigenvalue weighted by molar-refractivity contribution is 5.76. The van der Waals surface area contributed by atoms with Crippen LogP contribution in [-0.2, 0) is 4.74 Å². The number of halogens is 3. The minimum atomic E-state index is -4.76. The highest BCUT2D eigenvalue weighted by atomic mass is 19.4. The van der Waals surface area contributed by atoms with E-state index >= 15 is 0 Å². The summed E-state index contributed by atoms with van der Waals surface area (Å²) < 4.78 is 39.1. The fourth-order valence-corrected chi connectivity index (χ4v) is 1.11. The Bertz CT molecular complexity index is 519. The first kappa shape index (κ1) is 9.70. The van der Waals surface area contributed by atoms with Gasteiger partial charge in [-0.2, -0.15) is 0 Å². The van der Waals surface area contributed by atoms with Crippen molar-refractivity contribution in [2.75, 3.05) is 0 Å². The van der Waals surface area contributed by atoms with Crippen LogP contribution in [-0.4, -0.2) is 12.4 Å². The summed E-state index contributed by atoms with van der Waals surface area (Å²) in [5, 5.41) is 1.07. The molecular weight excluding hydrogens is 209 g/mol. The van der Waals surface area contributed by atoms with Gasteiger partial charge >= 0.3 is 12.4 Å². The Labute approximate surface area is 82.2 Å². The number of hydrogen-bond acceptors (Lipinski definition) is 3. The maximum absolute atomic E-state index is 11.8. The van der Waals surface area contributed by atoms with Crippen LogP contribution in [0.25, 0.3) is 6.20 Å². The van der Waals surface area contributed by atoms with Crippen LogP contribution in [0.5, 0.6) is 0 Å². The lowest BCUT2D eigenvalue weighted by Gasteiger charge is -2.01. The largest absolute Gasteiger partial charge is 0.578 e. The van der Waals surface area contributed by atoms with Gasteiger partial charge in [0.25, 0.3) is 0 Å². The number of amidine groups is 1. The molecule has 0 atom stereocenters. The number of nitrogens with zero attached hydrogens (tertiary/aromatic N) is 2. The smallest absolute Gasteiger partial charge is 0.331 e. The van der Waals surface area contributed by atoms with E-state index in [1.165, 1.54) is 6.20 Å². The normalized spacial score (nSPS) is 14.5. The number of alkyl halides is 3. The quantitative estimate of drug-likeness (QED) is 0.611. The number of para-hydroxylation sites is 1. The third-order valence-electron chi connectivity index (χ3n) is 1.67. The minimum absolute atomic E-state index is 0.409. The highest BCUT2D eigenvalue weighted by Gasteiger charge is 2.37. The zero-order valence-corrected chi connectivity index (χ0v) is 7.32. The van der Waals surface area contributed by atoms with Crippen molar-refractivity contribution < 1.29 is 17.9 Å². The topological polar surface area (TPSA) is 35.7 Å². The molecule has 1 radical (unpaired) electrons. The van der Waals surface area contributed by atoms with Crippen molar-refractivity contribution in [1.29, 1.82) is 0 Å². The zero-order valence-electron chi connectivity index (χ0n) is 7.32. The van der Waals surface area contributed by atoms with Crippen molar-refractivity contribution in [3.8, 4) is 0 Å². The summed E-state index contributed by atoms with van der Waals surface area (Å²) >= 11 is 0. The Hall–Kier alpha value is -1.85. The molecule has 2 rings (SSSR count). The molecule has 1 aliphatic heterocycles. The molecule has 6 heteroatoms. The van der Waals surface area contributed by atoms with Gasteiger partial charge in [-0.3, -0.25) is 0 Å². The van der Waals surface area contributed by atoms with Crippen LogP contribution in [0.2, 0.25) is 0 Å². The van der Waals surface area contributed by atoms with Crippen molar-refractivity contribution in [3.63, 3.8) is 0 Å². The molecule has 0 fully saturated rings. The van der Waals surface area contributed by atoms with Gasteiger partial charge in [0, 0.05) is 4.99 Å². The van der Waals surface area contributed by atoms with E-state index in [0.717, 1.165) is 0 Å². The molecule has 0 aliphatic carbocycles. The molecule has 0 aromatic heterocycles. The lowest BCUT2D eigenvalue weighted by atomic mass is 10.3. The number of hydrogen-bond donors (Lipinski definition) is 0. The van der Waals surface area contributed by atoms with Gasteiger partial charge in [0.1, 0.15) is 0 Å². The Balaban J connectivity index is 2.36. The molecule has 1 aliphatic rings. The number of benzene rings is 1. The Kier molecular flexibility index (Phi) is 2.18. The van der Waals surface area contributed by atoms with Crippen molar-refractivity contribution in [2.45, 2.75) is 6.36 Å². The monoisotopic (exact) mass is 214 g/mol. The van der Waals surface area contributed by atoms with Crippen molar-refractivity contribution in [3.05, 3.63) is 34.8 Å². The van der Waals surface area contributed by atoms with Gasteiger partial charge in [0.05, 0.1) is 5.22 Å². The molecule has 0 N–H and O–H groups in total. The van der Waals surface area contributed by atoms with Crippen LogP contribution in [0.3, 0.4) is 0 Å². The van der Waals surface area contributed by atoms with Gasteiger partial charge in [-0.15, -0.1) is 13.2 Å². The molecule has 1 heterocycles. The number of ether oxygens (including phenoxy) is 1. The molecule has 1 aromatic carbocycles. The second-order valence-corrected chi connectivity index (χ2v) is 2.76. The lowest BCUT2D eigenvalue weighted by Crippen LogP contribution is -2.33. The summed E-state index contributed by atoms with van der Waals surface area (Å²) in [5.74, 6) is 0. The third-order valence-corrected chi connectivity index (χ3v) is 1.67. The lowest BCUT2D eigenvalue weighted by molar-refractivity contribution is -0.284. The van der Waals surface area contributed by atoms with E-state index in [0.29, 0.717) is 10.6 Å². The van der Waals surface area contributed by atoms with Crippen molar-refractivity contribution in [2.24, 2.45) is 4.99 Å². The third kappa shape index (κ3) is 2.34. The van der Waals surface area contributed by atoms with E-state index in [4.69, 9.17) is 0 Å². The van der Waals surface area contributed by atoms with E-state index in [1.807, 2.05) is 0 Å². The summed E-state index contributed by atoms with van der Waals surface area (Å²) in [6, 6.07) is 6.01. The summed E-state index contributed by atoms with van der Waals surface area (Å²) in [6.45, 7) is 0. The Morgan fingerprint density at radius 3 is 2.67 bits per heavy atom. The van der Waals surface area contributed by atoms with Crippen LogP contribution in [0, 0.1) is 0 Å². The average molecular weight is 214 g/mol. The molecule has 0 bridgehead atoms. The molecule has 77 valence electrons. The van der Waals surface area contributed by atoms with Crippen LogP contribution < -0.4 is 15.6 Å². The first-order valence-electron chi connectivity index (χ1n) is 4.02. The number of rotatable bonds is 0. The number of aliphatic imine (C=N–C) groups is 1. The zero-order chi connectivity index (χ0) is 10.9. The van der Waals surface area contributed by atoms with E-state index < -0.39 is 12.4 Å². The predicted octanol–water partition coefficient (Wildman–Crippen LogP) is 0.286. The molecule has 15 heavy (non-hydrogen) atoms. The Morgan fingerprint density at radius 1 is 1.20 bits per heavy atom. The molecule has 0 saturated heterocycles. The number of fused-ring (bicyclic) bond motifs is 1. The maximum atomic E-state index is 11.8. The van der Waals surface area contributed by atoms with E-state index in [2.05, 4.69) is 14.7 Å². The van der Waals surface area contributed by atoms with Gasteiger partial charge in [-0.25, -0.2) is 0 Å². The van der Waals surface area contributed by atoms with Crippen LogP contribution in [0.1, 0.15) is 0 Å². The van der Waals surface area contributed by atoms with Gasteiger partial charge in [-0.05, 0) is 17.1 Å². The summed E-state index contributed by atoms with van der Waals surface area (Å²) in [6.07, 6.45) is -3.48. The molecule has 0 saturated carbocycles. The van der Waals surface area contributed by atoms with Gasteiger partial charge < -0.3 is 4.74 Å². The molecule has 0 spiro atoms. The van der Waals surface area contributed by atoms with Crippen LogP contribution in [0.15, 0.2) is 29.3 Å². The fourth-order valence-electron chi connectivity index (χ4n) is 1.11. The van der Waals surface area contributed by atoms with Crippen LogP contribution >= 0.6 is 0 Å². The second-order valence-electron chi connectivity index (χ2n) is 2.76. The first-order chi connectivity index (χ1) is 7.04. The van der Waals surface area contributed by atoms with E-state index in [1.54, 1.807) is 24.3 Å². The predicted molar refractivity (Wildman–Crippen MR) is 46.0 cm³/mol. The second kappa shape index (κ2) is 3.38. The first-order valence-corrected chi connectivity index (χ1v) is 4.02. The molecule has 3 nitrogen and oxygen atoms in total. The summed E-state index contributed by atoms with van der Waals surface area (Å²) in [7, 11) is 0. The van der Waals surface area contributed by atoms with Gasteiger partial charge in [0.2, 0.25) is 0 Å². The summed E-state index contributed by atoms with van der Waals surface area (Å²) in [4.78, 5) is 7.05. The minimum Gasteiger partial charge on any atom is -0.331 e. The van der Waals surface area contributed by atoms with Crippen LogP contribution in [0.4, 0.5) is 13.2 Å². The highest BCUT2D eigenvalue weighted by Crippen LogP contribution is 2.16. The summed E-state index contributed by atoms with van der Waals surface area (Å²) in [5.41, 5.74) is 0. The molecule has 0 amide bonds. The average Bonchev–Trinajstić information content (AvgIpc) is 2.15. The molecule has 1 aromatic rings. The van der Waals surface area contributed by atoms with E-state index in [9.17, 15) is 13.2 Å². The Morgan fingerprint density at radius 2 is 1.93 bits per heavy atom. The molecular formula is C9H5F3N2O+. The van der Waals surface area contributed by atoms with Gasteiger partial charge in [-0.1, -0.05) is 12.1 Å². The standard InChI is InChI=1S/C9H5F3N2O/c10-9(11,12)15-8-13-5-6-3-1-2-4-7(6)14-8/h1-5H/q+1. The van der Waals surface area contributed by atoms with E-state index in [-0.39, 0.29) is 0 Å². The molecule has 0 unspecified atom stereocenters. The fraction of sp³-hybridized carbons (Fsp3) is 0.111. The van der Waals surface area contributed by atoms with Crippen molar-refractivity contribution >= 4 is 12.2 Å². The SMILES string of the molecule is FC(F)(F)OC1=[N+]C=c2ccccc2=N1.